The number of nitrogens with zero attached hydrogens (tertiary/aromatic N) is 1. The Morgan fingerprint density at radius 1 is 1.22 bits per heavy atom. The van der Waals surface area contributed by atoms with E-state index in [2.05, 4.69) is 54.0 Å². The zero-order chi connectivity index (χ0) is 23.9. The summed E-state index contributed by atoms with van der Waals surface area (Å²) in [5, 5.41) is 9.59. The summed E-state index contributed by atoms with van der Waals surface area (Å²) < 4.78 is 14.8. The minimum absolute atomic E-state index is 0.116. The predicted molar refractivity (Wildman–Crippen MR) is 137 cm³/mol. The summed E-state index contributed by atoms with van der Waals surface area (Å²) in [6.45, 7) is 15.5. The second kappa shape index (κ2) is 14.8. The molecule has 0 aromatic carbocycles. The van der Waals surface area contributed by atoms with Crippen molar-refractivity contribution in [2.45, 2.75) is 59.8 Å². The van der Waals surface area contributed by atoms with E-state index in [9.17, 15) is 4.39 Å². The van der Waals surface area contributed by atoms with E-state index in [4.69, 9.17) is 0 Å². The zero-order valence-electron chi connectivity index (χ0n) is 20.3. The second-order valence-corrected chi connectivity index (χ2v) is 7.58. The van der Waals surface area contributed by atoms with Gasteiger partial charge in [-0.2, -0.15) is 0 Å². The Balaban J connectivity index is 3.66. The lowest BCUT2D eigenvalue weighted by molar-refractivity contribution is 0.554. The van der Waals surface area contributed by atoms with Crippen molar-refractivity contribution >= 4 is 6.21 Å². The van der Waals surface area contributed by atoms with E-state index >= 15 is 0 Å². The normalized spacial score (nSPS) is 16.6. The van der Waals surface area contributed by atoms with Gasteiger partial charge in [0, 0.05) is 37.7 Å². The van der Waals surface area contributed by atoms with Crippen molar-refractivity contribution in [3.05, 3.63) is 95.2 Å². The van der Waals surface area contributed by atoms with Crippen LogP contribution in [0.4, 0.5) is 4.39 Å². The van der Waals surface area contributed by atoms with E-state index in [0.29, 0.717) is 12.1 Å². The molecule has 0 heterocycles. The van der Waals surface area contributed by atoms with Gasteiger partial charge in [-0.05, 0) is 75.1 Å². The van der Waals surface area contributed by atoms with E-state index in [1.807, 2.05) is 45.5 Å². The topological polar surface area (TPSA) is 48.5 Å². The highest BCUT2D eigenvalue weighted by Gasteiger charge is 2.19. The summed E-state index contributed by atoms with van der Waals surface area (Å²) >= 11 is 0. The minimum Gasteiger partial charge on any atom is -0.374 e. The lowest BCUT2D eigenvalue weighted by Gasteiger charge is -2.23. The first kappa shape index (κ1) is 27.0. The molecular formula is C27H39FN4. The molecule has 0 bridgehead atoms. The number of aliphatic imine (C=N–C) groups is 1. The van der Waals surface area contributed by atoms with Crippen molar-refractivity contribution in [2.24, 2.45) is 4.99 Å². The zero-order valence-corrected chi connectivity index (χ0v) is 20.3. The SMILES string of the molecule is C=CN=CC(=CC(=C(NC)NC1=C(F)CCC(C)=C1C)C(/C=C\NC=C)=C/C)CCCC. The van der Waals surface area contributed by atoms with E-state index < -0.39 is 0 Å². The Morgan fingerprint density at radius 3 is 2.56 bits per heavy atom. The molecule has 0 saturated heterocycles. The number of allylic oxidation sites excluding steroid dienone is 9. The van der Waals surface area contributed by atoms with Crippen molar-refractivity contribution in [1.82, 2.24) is 16.0 Å². The van der Waals surface area contributed by atoms with Crippen LogP contribution in [0, 0.1) is 0 Å². The summed E-state index contributed by atoms with van der Waals surface area (Å²) in [7, 11) is 1.84. The van der Waals surface area contributed by atoms with Crippen LogP contribution >= 0.6 is 0 Å². The molecule has 1 aliphatic rings. The van der Waals surface area contributed by atoms with E-state index in [0.717, 1.165) is 53.8 Å². The first-order valence-corrected chi connectivity index (χ1v) is 11.2. The number of rotatable bonds is 13. The molecule has 0 radical (unpaired) electrons. The maximum Gasteiger partial charge on any atom is 0.124 e. The second-order valence-electron chi connectivity index (χ2n) is 7.58. The first-order chi connectivity index (χ1) is 15.4. The van der Waals surface area contributed by atoms with Gasteiger partial charge >= 0.3 is 0 Å². The van der Waals surface area contributed by atoms with Gasteiger partial charge in [0.05, 0.1) is 5.70 Å². The van der Waals surface area contributed by atoms with Gasteiger partial charge in [-0.15, -0.1) is 0 Å². The monoisotopic (exact) mass is 438 g/mol. The van der Waals surface area contributed by atoms with Crippen LogP contribution in [0.1, 0.15) is 59.8 Å². The fraction of sp³-hybridized carbons (Fsp3) is 0.370. The molecule has 0 fully saturated rings. The van der Waals surface area contributed by atoms with Crippen molar-refractivity contribution < 1.29 is 4.39 Å². The molecule has 3 N–H and O–H groups in total. The van der Waals surface area contributed by atoms with Crippen LogP contribution in [0.2, 0.25) is 0 Å². The fourth-order valence-electron chi connectivity index (χ4n) is 3.31. The molecule has 174 valence electrons. The van der Waals surface area contributed by atoms with Gasteiger partial charge in [0.1, 0.15) is 11.6 Å². The maximum absolute atomic E-state index is 14.8. The molecular weight excluding hydrogens is 399 g/mol. The average Bonchev–Trinajstić information content (AvgIpc) is 2.80. The Kier molecular flexibility index (Phi) is 12.5. The Labute approximate surface area is 193 Å². The van der Waals surface area contributed by atoms with E-state index in [-0.39, 0.29) is 5.83 Å². The minimum atomic E-state index is -0.116. The van der Waals surface area contributed by atoms with Crippen molar-refractivity contribution in [2.75, 3.05) is 7.05 Å². The van der Waals surface area contributed by atoms with Gasteiger partial charge in [-0.1, -0.05) is 38.2 Å². The van der Waals surface area contributed by atoms with Gasteiger partial charge in [0.25, 0.3) is 0 Å². The van der Waals surface area contributed by atoms with Crippen LogP contribution in [0.25, 0.3) is 0 Å². The van der Waals surface area contributed by atoms with Gasteiger partial charge in [0.15, 0.2) is 0 Å². The summed E-state index contributed by atoms with van der Waals surface area (Å²) in [5.41, 5.74) is 5.65. The lowest BCUT2D eigenvalue weighted by atomic mass is 9.95. The van der Waals surface area contributed by atoms with E-state index in [1.165, 1.54) is 11.8 Å². The number of nitrogens with one attached hydrogen (secondary N) is 3. The largest absolute Gasteiger partial charge is 0.374 e. The van der Waals surface area contributed by atoms with Gasteiger partial charge in [-0.3, -0.25) is 4.99 Å². The predicted octanol–water partition coefficient (Wildman–Crippen LogP) is 6.84. The number of hydrogen-bond donors (Lipinski definition) is 3. The van der Waals surface area contributed by atoms with Crippen LogP contribution in [0.15, 0.2) is 100 Å². The molecule has 0 atom stereocenters. The Hall–Kier alpha value is -3.08. The molecule has 0 saturated carbocycles. The summed E-state index contributed by atoms with van der Waals surface area (Å²) in [4.78, 5) is 4.24. The standard InChI is InChI=1S/C27H39FN4/c1-8-12-13-22(19-31-11-4)18-24(23(9-2)16-17-30-10-3)27(29-7)32-26-21(6)20(5)14-15-25(26)28/h9-11,16-19,29-30,32H,3-4,8,12-15H2,1-2,5-7H3/b17-16-,22-18?,23-9+,27-24?,31-19?. The highest BCUT2D eigenvalue weighted by molar-refractivity contribution is 5.80. The quantitative estimate of drug-likeness (QED) is 0.218. The van der Waals surface area contributed by atoms with Crippen LogP contribution in [0.5, 0.6) is 0 Å². The van der Waals surface area contributed by atoms with E-state index in [1.54, 1.807) is 6.20 Å². The third kappa shape index (κ3) is 8.22. The fourth-order valence-corrected chi connectivity index (χ4v) is 3.31. The molecule has 1 rings (SSSR count). The molecule has 0 unspecified atom stereocenters. The molecule has 32 heavy (non-hydrogen) atoms. The Morgan fingerprint density at radius 2 is 1.97 bits per heavy atom. The van der Waals surface area contributed by atoms with Crippen LogP contribution < -0.4 is 16.0 Å². The average molecular weight is 439 g/mol. The lowest BCUT2D eigenvalue weighted by Crippen LogP contribution is -2.27. The third-order valence-corrected chi connectivity index (χ3v) is 5.37. The molecule has 0 spiro atoms. The maximum atomic E-state index is 14.8. The molecule has 0 aromatic rings. The Bertz CT molecular complexity index is 879. The molecule has 1 aliphatic carbocycles. The first-order valence-electron chi connectivity index (χ1n) is 11.2. The summed E-state index contributed by atoms with van der Waals surface area (Å²) in [5.74, 6) is 0.607. The molecule has 0 amide bonds. The smallest absolute Gasteiger partial charge is 0.124 e. The number of hydrogen-bond acceptors (Lipinski definition) is 4. The molecule has 0 aromatic heterocycles. The molecule has 0 aliphatic heterocycles. The van der Waals surface area contributed by atoms with Crippen molar-refractivity contribution in [3.8, 4) is 0 Å². The number of unbranched alkanes of at least 4 members (excludes halogenated alkanes) is 1. The molecule has 5 heteroatoms. The van der Waals surface area contributed by atoms with Crippen molar-refractivity contribution in [1.29, 1.82) is 0 Å². The van der Waals surface area contributed by atoms with Gasteiger partial charge in [-0.25, -0.2) is 4.39 Å². The van der Waals surface area contributed by atoms with Gasteiger partial charge < -0.3 is 16.0 Å². The highest BCUT2D eigenvalue weighted by atomic mass is 19.1. The van der Waals surface area contributed by atoms with Crippen LogP contribution in [-0.2, 0) is 0 Å². The van der Waals surface area contributed by atoms with Crippen LogP contribution in [0.3, 0.4) is 0 Å². The highest BCUT2D eigenvalue weighted by Crippen LogP contribution is 2.30. The summed E-state index contributed by atoms with van der Waals surface area (Å²) in [6.07, 6.45) is 17.1. The summed E-state index contributed by atoms with van der Waals surface area (Å²) in [6, 6.07) is 0. The van der Waals surface area contributed by atoms with Crippen LogP contribution in [-0.4, -0.2) is 13.3 Å². The number of halogens is 1. The third-order valence-electron chi connectivity index (χ3n) is 5.37. The van der Waals surface area contributed by atoms with Gasteiger partial charge in [0.2, 0.25) is 0 Å². The molecule has 4 nitrogen and oxygen atoms in total. The van der Waals surface area contributed by atoms with Crippen molar-refractivity contribution in [3.63, 3.8) is 0 Å².